The lowest BCUT2D eigenvalue weighted by atomic mass is 9.72. The number of fused-ring (bicyclic) bond motifs is 1. The van der Waals surface area contributed by atoms with Gasteiger partial charge in [-0.25, -0.2) is 0 Å². The first-order valence-corrected chi connectivity index (χ1v) is 7.22. The first kappa shape index (κ1) is 13.3. The molecule has 0 bridgehead atoms. The molecule has 104 valence electrons. The molecule has 1 N–H and O–H groups in total. The summed E-state index contributed by atoms with van der Waals surface area (Å²) in [6, 6.07) is 9.84. The van der Waals surface area contributed by atoms with E-state index in [0.717, 1.165) is 17.6 Å². The van der Waals surface area contributed by atoms with Gasteiger partial charge in [-0.05, 0) is 23.5 Å². The van der Waals surface area contributed by atoms with Crippen molar-refractivity contribution >= 4 is 11.6 Å². The molecule has 3 atom stereocenters. The third-order valence-electron chi connectivity index (χ3n) is 4.44. The third kappa shape index (κ3) is 2.22. The Balaban J connectivity index is 1.95. The number of nitrogens with one attached hydrogen (secondary N) is 1. The Kier molecular flexibility index (Phi) is 3.53. The molecule has 1 heterocycles. The lowest BCUT2D eigenvalue weighted by Gasteiger charge is -2.37. The zero-order valence-electron chi connectivity index (χ0n) is 11.6. The number of ketones is 2. The first-order valence-electron chi connectivity index (χ1n) is 7.22. The molecule has 3 nitrogen and oxygen atoms in total. The first-order chi connectivity index (χ1) is 9.68. The van der Waals surface area contributed by atoms with E-state index in [1.165, 1.54) is 0 Å². The summed E-state index contributed by atoms with van der Waals surface area (Å²) < 4.78 is 0. The minimum atomic E-state index is -0.238. The summed E-state index contributed by atoms with van der Waals surface area (Å²) in [5.41, 5.74) is 2.15. The number of piperidine rings is 1. The highest BCUT2D eigenvalue weighted by Gasteiger charge is 2.40. The maximum Gasteiger partial charge on any atom is 0.154 e. The summed E-state index contributed by atoms with van der Waals surface area (Å²) in [6.07, 6.45) is 3.44. The smallest absolute Gasteiger partial charge is 0.154 e. The van der Waals surface area contributed by atoms with Gasteiger partial charge < -0.3 is 0 Å². The van der Waals surface area contributed by atoms with Crippen LogP contribution in [0.2, 0.25) is 0 Å². The minimum absolute atomic E-state index is 0.116. The Morgan fingerprint density at radius 2 is 1.90 bits per heavy atom. The molecule has 0 spiro atoms. The van der Waals surface area contributed by atoms with Crippen LogP contribution in [0.25, 0.3) is 0 Å². The van der Waals surface area contributed by atoms with E-state index in [1.54, 1.807) is 0 Å². The van der Waals surface area contributed by atoms with Crippen LogP contribution in [0.3, 0.4) is 0 Å². The van der Waals surface area contributed by atoms with Crippen LogP contribution in [-0.2, 0) is 9.59 Å². The number of rotatable bonds is 2. The topological polar surface area (TPSA) is 46.2 Å². The molecule has 2 aliphatic rings. The molecular formula is C17H19NO2. The number of Topliss-reactive ketones (excluding diaryl/α,β-unsaturated/α-hetero) is 2. The largest absolute Gasteiger partial charge is 0.298 e. The standard InChI is InChI=1S/C17H19NO2/c1-11(12-6-3-2-4-7-12)16-13-8-5-9-14(19)17(13)18-10-15(16)20/h2-4,6-8,11,16-18H,5,9-10H2,1H3/t11?,16-,17+/m0/s1. The fourth-order valence-electron chi connectivity index (χ4n) is 3.38. The van der Waals surface area contributed by atoms with Crippen molar-refractivity contribution in [3.63, 3.8) is 0 Å². The van der Waals surface area contributed by atoms with Crippen molar-refractivity contribution in [1.82, 2.24) is 5.32 Å². The molecule has 0 aromatic heterocycles. The molecule has 1 aromatic rings. The fourth-order valence-corrected chi connectivity index (χ4v) is 3.38. The Bertz CT molecular complexity index is 562. The zero-order chi connectivity index (χ0) is 14.1. The molecule has 1 unspecified atom stereocenters. The Hall–Kier alpha value is -1.74. The van der Waals surface area contributed by atoms with E-state index in [2.05, 4.69) is 30.4 Å². The highest BCUT2D eigenvalue weighted by atomic mass is 16.1. The van der Waals surface area contributed by atoms with E-state index in [9.17, 15) is 9.59 Å². The van der Waals surface area contributed by atoms with E-state index < -0.39 is 0 Å². The number of hydrogen-bond acceptors (Lipinski definition) is 3. The predicted octanol–water partition coefficient (Wildman–Crippen LogP) is 2.24. The van der Waals surface area contributed by atoms with Crippen LogP contribution in [0.1, 0.15) is 31.2 Å². The van der Waals surface area contributed by atoms with Crippen molar-refractivity contribution in [2.24, 2.45) is 5.92 Å². The summed E-state index contributed by atoms with van der Waals surface area (Å²) in [7, 11) is 0. The summed E-state index contributed by atoms with van der Waals surface area (Å²) in [5.74, 6) is 0.372. The van der Waals surface area contributed by atoms with Crippen molar-refractivity contribution in [2.75, 3.05) is 6.54 Å². The highest BCUT2D eigenvalue weighted by Crippen LogP contribution is 2.36. The monoisotopic (exact) mass is 269 g/mol. The van der Waals surface area contributed by atoms with Crippen molar-refractivity contribution < 1.29 is 9.59 Å². The fraction of sp³-hybridized carbons (Fsp3) is 0.412. The number of carbonyl (C=O) groups excluding carboxylic acids is 2. The number of hydrogen-bond donors (Lipinski definition) is 1. The van der Waals surface area contributed by atoms with Gasteiger partial charge in [-0.3, -0.25) is 14.9 Å². The normalized spacial score (nSPS) is 27.8. The molecule has 1 aliphatic carbocycles. The van der Waals surface area contributed by atoms with Gasteiger partial charge in [-0.1, -0.05) is 43.3 Å². The van der Waals surface area contributed by atoms with E-state index in [0.29, 0.717) is 13.0 Å². The molecule has 0 saturated carbocycles. The van der Waals surface area contributed by atoms with Crippen molar-refractivity contribution in [3.8, 4) is 0 Å². The van der Waals surface area contributed by atoms with Crippen molar-refractivity contribution in [1.29, 1.82) is 0 Å². The maximum atomic E-state index is 12.4. The minimum Gasteiger partial charge on any atom is -0.298 e. The molecule has 20 heavy (non-hydrogen) atoms. The van der Waals surface area contributed by atoms with Gasteiger partial charge >= 0.3 is 0 Å². The summed E-state index contributed by atoms with van der Waals surface area (Å²) in [6.45, 7) is 2.38. The summed E-state index contributed by atoms with van der Waals surface area (Å²) >= 11 is 0. The lowest BCUT2D eigenvalue weighted by Crippen LogP contribution is -2.52. The highest BCUT2D eigenvalue weighted by molar-refractivity contribution is 5.96. The summed E-state index contributed by atoms with van der Waals surface area (Å²) in [5, 5.41) is 3.09. The molecule has 3 rings (SSSR count). The van der Waals surface area contributed by atoms with Crippen LogP contribution >= 0.6 is 0 Å². The molecule has 1 aromatic carbocycles. The molecule has 1 saturated heterocycles. The van der Waals surface area contributed by atoms with Crippen LogP contribution in [0.5, 0.6) is 0 Å². The second kappa shape index (κ2) is 5.33. The molecule has 1 aliphatic heterocycles. The van der Waals surface area contributed by atoms with Crippen LogP contribution < -0.4 is 5.32 Å². The van der Waals surface area contributed by atoms with E-state index >= 15 is 0 Å². The van der Waals surface area contributed by atoms with Gasteiger partial charge in [-0.15, -0.1) is 0 Å². The second-order valence-corrected chi connectivity index (χ2v) is 5.67. The zero-order valence-corrected chi connectivity index (χ0v) is 11.6. The van der Waals surface area contributed by atoms with Crippen molar-refractivity contribution in [3.05, 3.63) is 47.5 Å². The van der Waals surface area contributed by atoms with Crippen LogP contribution in [-0.4, -0.2) is 24.2 Å². The Morgan fingerprint density at radius 3 is 2.65 bits per heavy atom. The number of allylic oxidation sites excluding steroid dienone is 1. The summed E-state index contributed by atoms with van der Waals surface area (Å²) in [4.78, 5) is 24.4. The van der Waals surface area contributed by atoms with E-state index in [-0.39, 0.29) is 29.4 Å². The number of benzene rings is 1. The molecule has 0 radical (unpaired) electrons. The maximum absolute atomic E-state index is 12.4. The average Bonchev–Trinajstić information content (AvgIpc) is 2.48. The molecule has 0 amide bonds. The molecule has 3 heteroatoms. The lowest BCUT2D eigenvalue weighted by molar-refractivity contribution is -0.125. The molecular weight excluding hydrogens is 250 g/mol. The SMILES string of the molecule is CC(c1ccccc1)[C@@H]1C(=O)CN[C@H]2C(=O)CCC=C21. The van der Waals surface area contributed by atoms with Crippen LogP contribution in [0.15, 0.2) is 42.0 Å². The van der Waals surface area contributed by atoms with Crippen LogP contribution in [0, 0.1) is 5.92 Å². The van der Waals surface area contributed by atoms with Gasteiger partial charge in [0.1, 0.15) is 0 Å². The van der Waals surface area contributed by atoms with E-state index in [4.69, 9.17) is 0 Å². The van der Waals surface area contributed by atoms with Crippen molar-refractivity contribution in [2.45, 2.75) is 31.7 Å². The Morgan fingerprint density at radius 1 is 1.15 bits per heavy atom. The molecule has 1 fully saturated rings. The van der Waals surface area contributed by atoms with Gasteiger partial charge in [0.2, 0.25) is 0 Å². The van der Waals surface area contributed by atoms with Gasteiger partial charge in [0, 0.05) is 12.3 Å². The van der Waals surface area contributed by atoms with E-state index in [1.807, 2.05) is 18.2 Å². The van der Waals surface area contributed by atoms with Gasteiger partial charge in [0.25, 0.3) is 0 Å². The van der Waals surface area contributed by atoms with Crippen LogP contribution in [0.4, 0.5) is 0 Å². The Labute approximate surface area is 119 Å². The average molecular weight is 269 g/mol. The van der Waals surface area contributed by atoms with Gasteiger partial charge in [0.15, 0.2) is 11.6 Å². The van der Waals surface area contributed by atoms with Gasteiger partial charge in [-0.2, -0.15) is 0 Å². The quantitative estimate of drug-likeness (QED) is 0.838. The van der Waals surface area contributed by atoms with Gasteiger partial charge in [0.05, 0.1) is 12.6 Å². The number of carbonyl (C=O) groups is 2. The predicted molar refractivity (Wildman–Crippen MR) is 77.5 cm³/mol. The third-order valence-corrected chi connectivity index (χ3v) is 4.44. The second-order valence-electron chi connectivity index (χ2n) is 5.67.